The second kappa shape index (κ2) is 4.59. The monoisotopic (exact) mass is 168 g/mol. The highest BCUT2D eigenvalue weighted by atomic mass is 16.3. The van der Waals surface area contributed by atoms with Gasteiger partial charge in [-0.15, -0.1) is 0 Å². The highest BCUT2D eigenvalue weighted by Gasteiger charge is 2.03. The zero-order valence-corrected chi connectivity index (χ0v) is 8.05. The minimum Gasteiger partial charge on any atom is -0.504 e. The van der Waals surface area contributed by atoms with Gasteiger partial charge >= 0.3 is 0 Å². The standard InChI is InChI=1S/C7H10N2O.C2H6/c1-4-3-9-5(2)7(10)6(4)8;1-2/h3,10H,1-2H3,(H2,8,9);1-2H3. The lowest BCUT2D eigenvalue weighted by Crippen LogP contribution is -1.93. The van der Waals surface area contributed by atoms with Crippen LogP contribution in [0.2, 0.25) is 0 Å². The van der Waals surface area contributed by atoms with E-state index in [4.69, 9.17) is 5.73 Å². The summed E-state index contributed by atoms with van der Waals surface area (Å²) in [4.78, 5) is 3.91. The van der Waals surface area contributed by atoms with Gasteiger partial charge in [0.1, 0.15) is 0 Å². The van der Waals surface area contributed by atoms with Crippen molar-refractivity contribution in [3.8, 4) is 5.75 Å². The van der Waals surface area contributed by atoms with Gasteiger partial charge in [0, 0.05) is 6.20 Å². The second-order valence-corrected chi connectivity index (χ2v) is 2.29. The summed E-state index contributed by atoms with van der Waals surface area (Å²) in [6.45, 7) is 7.52. The van der Waals surface area contributed by atoms with Crippen molar-refractivity contribution in [1.82, 2.24) is 4.98 Å². The SMILES string of the molecule is CC.Cc1cnc(C)c(O)c1N. The molecule has 0 aliphatic rings. The fourth-order valence-corrected chi connectivity index (χ4v) is 0.706. The molecule has 0 unspecified atom stereocenters. The van der Waals surface area contributed by atoms with Crippen molar-refractivity contribution in [1.29, 1.82) is 0 Å². The predicted octanol–water partition coefficient (Wildman–Crippen LogP) is 2.01. The summed E-state index contributed by atoms with van der Waals surface area (Å²) in [5.41, 5.74) is 7.30. The van der Waals surface area contributed by atoms with Crippen molar-refractivity contribution >= 4 is 5.69 Å². The van der Waals surface area contributed by atoms with Crippen LogP contribution in [0.15, 0.2) is 6.20 Å². The largest absolute Gasteiger partial charge is 0.504 e. The third-order valence-corrected chi connectivity index (χ3v) is 1.47. The molecular weight excluding hydrogens is 152 g/mol. The van der Waals surface area contributed by atoms with E-state index in [2.05, 4.69) is 4.98 Å². The maximum absolute atomic E-state index is 9.20. The molecule has 0 atom stereocenters. The van der Waals surface area contributed by atoms with Crippen LogP contribution in [0.4, 0.5) is 5.69 Å². The summed E-state index contributed by atoms with van der Waals surface area (Å²) in [6.07, 6.45) is 1.64. The topological polar surface area (TPSA) is 59.1 Å². The Morgan fingerprint density at radius 2 is 1.83 bits per heavy atom. The van der Waals surface area contributed by atoms with Crippen molar-refractivity contribution in [3.05, 3.63) is 17.5 Å². The zero-order valence-electron chi connectivity index (χ0n) is 8.05. The Bertz CT molecular complexity index is 232. The van der Waals surface area contributed by atoms with E-state index in [9.17, 15) is 5.11 Å². The molecule has 0 saturated heterocycles. The second-order valence-electron chi connectivity index (χ2n) is 2.29. The lowest BCUT2D eigenvalue weighted by atomic mass is 10.2. The molecule has 1 heterocycles. The van der Waals surface area contributed by atoms with Gasteiger partial charge in [0.25, 0.3) is 0 Å². The number of aromatic nitrogens is 1. The molecule has 0 saturated carbocycles. The first-order valence-corrected chi connectivity index (χ1v) is 4.03. The lowest BCUT2D eigenvalue weighted by Gasteiger charge is -2.03. The van der Waals surface area contributed by atoms with Gasteiger partial charge < -0.3 is 10.8 Å². The van der Waals surface area contributed by atoms with Crippen LogP contribution in [0.3, 0.4) is 0 Å². The number of hydrogen-bond donors (Lipinski definition) is 2. The van der Waals surface area contributed by atoms with Gasteiger partial charge in [-0.1, -0.05) is 13.8 Å². The molecule has 3 heteroatoms. The molecule has 1 aromatic heterocycles. The molecule has 0 amide bonds. The summed E-state index contributed by atoms with van der Waals surface area (Å²) >= 11 is 0. The molecule has 3 nitrogen and oxygen atoms in total. The van der Waals surface area contributed by atoms with Crippen LogP contribution in [-0.4, -0.2) is 10.1 Å². The summed E-state index contributed by atoms with van der Waals surface area (Å²) in [7, 11) is 0. The van der Waals surface area contributed by atoms with Gasteiger partial charge in [0.15, 0.2) is 5.75 Å². The van der Waals surface area contributed by atoms with Crippen LogP contribution in [0.1, 0.15) is 25.1 Å². The van der Waals surface area contributed by atoms with E-state index in [1.807, 2.05) is 20.8 Å². The quantitative estimate of drug-likeness (QED) is 0.623. The first kappa shape index (κ1) is 10.8. The lowest BCUT2D eigenvalue weighted by molar-refractivity contribution is 0.470. The van der Waals surface area contributed by atoms with Crippen molar-refractivity contribution < 1.29 is 5.11 Å². The minimum atomic E-state index is 0.0972. The molecule has 3 N–H and O–H groups in total. The Hall–Kier alpha value is -1.25. The van der Waals surface area contributed by atoms with Gasteiger partial charge in [-0.25, -0.2) is 0 Å². The maximum atomic E-state index is 9.20. The van der Waals surface area contributed by atoms with E-state index in [1.165, 1.54) is 0 Å². The third-order valence-electron chi connectivity index (χ3n) is 1.47. The summed E-state index contributed by atoms with van der Waals surface area (Å²) in [6, 6.07) is 0. The number of nitrogens with zero attached hydrogens (tertiary/aromatic N) is 1. The van der Waals surface area contributed by atoms with E-state index in [-0.39, 0.29) is 5.75 Å². The predicted molar refractivity (Wildman–Crippen MR) is 51.1 cm³/mol. The first-order chi connectivity index (χ1) is 5.63. The Morgan fingerprint density at radius 3 is 2.25 bits per heavy atom. The molecule has 68 valence electrons. The average Bonchev–Trinajstić information content (AvgIpc) is 2.12. The van der Waals surface area contributed by atoms with E-state index in [0.717, 1.165) is 5.56 Å². The molecular formula is C9H16N2O. The number of aryl methyl sites for hydroxylation is 2. The number of nitrogen functional groups attached to an aromatic ring is 1. The van der Waals surface area contributed by atoms with Crippen molar-refractivity contribution in [2.24, 2.45) is 0 Å². The summed E-state index contributed by atoms with van der Waals surface area (Å²) in [5, 5.41) is 9.20. The molecule has 1 aromatic rings. The fraction of sp³-hybridized carbons (Fsp3) is 0.444. The Morgan fingerprint density at radius 1 is 1.33 bits per heavy atom. The third kappa shape index (κ3) is 2.12. The summed E-state index contributed by atoms with van der Waals surface area (Å²) in [5.74, 6) is 0.0972. The molecule has 1 rings (SSSR count). The van der Waals surface area contributed by atoms with Crippen LogP contribution in [0.25, 0.3) is 0 Å². The molecule has 0 aliphatic carbocycles. The number of aromatic hydroxyl groups is 1. The zero-order chi connectivity index (χ0) is 9.72. The Kier molecular flexibility index (Phi) is 4.11. The molecule has 0 spiro atoms. The smallest absolute Gasteiger partial charge is 0.160 e. The van der Waals surface area contributed by atoms with Gasteiger partial charge in [0.05, 0.1) is 11.4 Å². The van der Waals surface area contributed by atoms with Crippen LogP contribution in [-0.2, 0) is 0 Å². The molecule has 0 fully saturated rings. The van der Waals surface area contributed by atoms with Gasteiger partial charge in [-0.3, -0.25) is 4.98 Å². The molecule has 0 bridgehead atoms. The van der Waals surface area contributed by atoms with Crippen molar-refractivity contribution in [2.45, 2.75) is 27.7 Å². The van der Waals surface area contributed by atoms with E-state index < -0.39 is 0 Å². The summed E-state index contributed by atoms with van der Waals surface area (Å²) < 4.78 is 0. The Labute approximate surface area is 73.3 Å². The van der Waals surface area contributed by atoms with E-state index in [0.29, 0.717) is 11.4 Å². The fourth-order valence-electron chi connectivity index (χ4n) is 0.706. The van der Waals surface area contributed by atoms with Crippen LogP contribution < -0.4 is 5.73 Å². The average molecular weight is 168 g/mol. The van der Waals surface area contributed by atoms with Crippen LogP contribution in [0, 0.1) is 13.8 Å². The van der Waals surface area contributed by atoms with Crippen LogP contribution in [0.5, 0.6) is 5.75 Å². The van der Waals surface area contributed by atoms with Gasteiger partial charge in [-0.05, 0) is 19.4 Å². The highest BCUT2D eigenvalue weighted by molar-refractivity contribution is 5.57. The number of hydrogen-bond acceptors (Lipinski definition) is 3. The number of anilines is 1. The highest BCUT2D eigenvalue weighted by Crippen LogP contribution is 2.24. The van der Waals surface area contributed by atoms with Crippen molar-refractivity contribution in [3.63, 3.8) is 0 Å². The molecule has 0 aromatic carbocycles. The number of pyridine rings is 1. The van der Waals surface area contributed by atoms with E-state index in [1.54, 1.807) is 13.1 Å². The molecule has 12 heavy (non-hydrogen) atoms. The number of rotatable bonds is 0. The first-order valence-electron chi connectivity index (χ1n) is 4.03. The normalized spacial score (nSPS) is 8.67. The number of nitrogens with two attached hydrogens (primary N) is 1. The van der Waals surface area contributed by atoms with Gasteiger partial charge in [-0.2, -0.15) is 0 Å². The maximum Gasteiger partial charge on any atom is 0.160 e. The Balaban J connectivity index is 0.000000561. The molecule has 0 aliphatic heterocycles. The van der Waals surface area contributed by atoms with E-state index >= 15 is 0 Å². The minimum absolute atomic E-state index is 0.0972. The van der Waals surface area contributed by atoms with Crippen molar-refractivity contribution in [2.75, 3.05) is 5.73 Å². The molecule has 0 radical (unpaired) electrons. The van der Waals surface area contributed by atoms with Gasteiger partial charge in [0.2, 0.25) is 0 Å². The van der Waals surface area contributed by atoms with Crippen LogP contribution >= 0.6 is 0 Å².